The van der Waals surface area contributed by atoms with Crippen molar-refractivity contribution in [3.8, 4) is 0 Å². The number of sulfone groups is 1. The molecule has 1 saturated heterocycles. The monoisotopic (exact) mass is 207 g/mol. The maximum absolute atomic E-state index is 11.0. The van der Waals surface area contributed by atoms with E-state index in [1.54, 1.807) is 5.06 Å². The van der Waals surface area contributed by atoms with E-state index >= 15 is 0 Å². The minimum Gasteiger partial charge on any atom is -0.299 e. The van der Waals surface area contributed by atoms with Crippen LogP contribution in [0.3, 0.4) is 0 Å². The largest absolute Gasteiger partial charge is 0.299 e. The lowest BCUT2D eigenvalue weighted by atomic mass is 10.4. The predicted octanol–water partition coefficient (Wildman–Crippen LogP) is 0.449. The molecule has 0 aromatic rings. The standard InChI is InChI=1S/C8H17NO3S/c1-2-3-6-12-9-4-7-13(10,11)8-5-9/h2-8H2,1H3. The van der Waals surface area contributed by atoms with Gasteiger partial charge in [-0.3, -0.25) is 4.84 Å². The lowest BCUT2D eigenvalue weighted by molar-refractivity contribution is -0.154. The van der Waals surface area contributed by atoms with Crippen molar-refractivity contribution in [1.82, 2.24) is 5.06 Å². The second-order valence-corrected chi connectivity index (χ2v) is 5.57. The summed E-state index contributed by atoms with van der Waals surface area (Å²) in [6, 6.07) is 0. The van der Waals surface area contributed by atoms with Crippen LogP contribution in [0.1, 0.15) is 19.8 Å². The van der Waals surface area contributed by atoms with Crippen LogP contribution in [0.2, 0.25) is 0 Å². The van der Waals surface area contributed by atoms with Crippen LogP contribution in [-0.2, 0) is 14.7 Å². The fourth-order valence-corrected chi connectivity index (χ4v) is 2.33. The number of rotatable bonds is 4. The van der Waals surface area contributed by atoms with Crippen LogP contribution in [0.15, 0.2) is 0 Å². The molecule has 0 bridgehead atoms. The topological polar surface area (TPSA) is 46.6 Å². The second-order valence-electron chi connectivity index (χ2n) is 3.27. The van der Waals surface area contributed by atoms with E-state index in [0.29, 0.717) is 19.7 Å². The van der Waals surface area contributed by atoms with Crippen LogP contribution >= 0.6 is 0 Å². The Kier molecular flexibility index (Phi) is 4.15. The van der Waals surface area contributed by atoms with Gasteiger partial charge in [-0.15, -0.1) is 0 Å². The SMILES string of the molecule is CCCCON1CCS(=O)(=O)CC1. The third-order valence-electron chi connectivity index (χ3n) is 2.08. The first kappa shape index (κ1) is 10.9. The number of hydrogen-bond donors (Lipinski definition) is 0. The zero-order valence-electron chi connectivity index (χ0n) is 8.03. The summed E-state index contributed by atoms with van der Waals surface area (Å²) in [6.07, 6.45) is 2.13. The smallest absolute Gasteiger partial charge is 0.153 e. The van der Waals surface area contributed by atoms with Gasteiger partial charge in [-0.25, -0.2) is 8.42 Å². The Morgan fingerprint density at radius 1 is 1.31 bits per heavy atom. The molecule has 0 aromatic heterocycles. The van der Waals surface area contributed by atoms with Crippen LogP contribution in [0.5, 0.6) is 0 Å². The normalized spacial score (nSPS) is 23.2. The fourth-order valence-electron chi connectivity index (χ4n) is 1.16. The van der Waals surface area contributed by atoms with Crippen molar-refractivity contribution >= 4 is 9.84 Å². The summed E-state index contributed by atoms with van der Waals surface area (Å²) >= 11 is 0. The molecule has 0 radical (unpaired) electrons. The van der Waals surface area contributed by atoms with Crippen LogP contribution in [0, 0.1) is 0 Å². The first-order valence-electron chi connectivity index (χ1n) is 4.72. The molecule has 1 rings (SSSR count). The van der Waals surface area contributed by atoms with Crippen LogP contribution < -0.4 is 0 Å². The van der Waals surface area contributed by atoms with Crippen molar-refractivity contribution in [2.75, 3.05) is 31.2 Å². The third kappa shape index (κ3) is 4.06. The average Bonchev–Trinajstić information content (AvgIpc) is 2.08. The van der Waals surface area contributed by atoms with Gasteiger partial charge in [0.2, 0.25) is 0 Å². The van der Waals surface area contributed by atoms with Gasteiger partial charge in [0, 0.05) is 13.1 Å². The van der Waals surface area contributed by atoms with E-state index < -0.39 is 9.84 Å². The second kappa shape index (κ2) is 4.93. The van der Waals surface area contributed by atoms with Gasteiger partial charge in [0.05, 0.1) is 18.1 Å². The van der Waals surface area contributed by atoms with Crippen molar-refractivity contribution in [1.29, 1.82) is 0 Å². The van der Waals surface area contributed by atoms with E-state index in [2.05, 4.69) is 6.92 Å². The Morgan fingerprint density at radius 3 is 2.46 bits per heavy atom. The minimum atomic E-state index is -2.77. The maximum atomic E-state index is 11.0. The first-order chi connectivity index (χ1) is 6.14. The number of hydrogen-bond acceptors (Lipinski definition) is 4. The Labute approximate surface area is 79.7 Å². The molecule has 0 aliphatic carbocycles. The van der Waals surface area contributed by atoms with E-state index in [0.717, 1.165) is 12.8 Å². The van der Waals surface area contributed by atoms with Crippen molar-refractivity contribution in [2.45, 2.75) is 19.8 Å². The van der Waals surface area contributed by atoms with Gasteiger partial charge in [-0.1, -0.05) is 13.3 Å². The minimum absolute atomic E-state index is 0.235. The lowest BCUT2D eigenvalue weighted by Gasteiger charge is -2.25. The van der Waals surface area contributed by atoms with Gasteiger partial charge in [0.25, 0.3) is 0 Å². The molecule has 0 saturated carbocycles. The summed E-state index contributed by atoms with van der Waals surface area (Å²) in [4.78, 5) is 5.39. The molecule has 0 amide bonds. The number of hydroxylamine groups is 2. The molecular formula is C8H17NO3S. The average molecular weight is 207 g/mol. The molecule has 0 spiro atoms. The van der Waals surface area contributed by atoms with E-state index in [9.17, 15) is 8.42 Å². The summed E-state index contributed by atoms with van der Waals surface area (Å²) in [6.45, 7) is 3.85. The molecule has 4 nitrogen and oxygen atoms in total. The molecule has 1 aliphatic heterocycles. The van der Waals surface area contributed by atoms with Crippen molar-refractivity contribution in [3.05, 3.63) is 0 Å². The van der Waals surface area contributed by atoms with Gasteiger partial charge >= 0.3 is 0 Å². The third-order valence-corrected chi connectivity index (χ3v) is 3.68. The Morgan fingerprint density at radius 2 is 1.92 bits per heavy atom. The Bertz CT molecular complexity index is 224. The van der Waals surface area contributed by atoms with Crippen molar-refractivity contribution < 1.29 is 13.3 Å². The molecule has 13 heavy (non-hydrogen) atoms. The van der Waals surface area contributed by atoms with E-state index in [1.807, 2.05) is 0 Å². The highest BCUT2D eigenvalue weighted by Gasteiger charge is 2.21. The summed E-state index contributed by atoms with van der Waals surface area (Å²) < 4.78 is 22.1. The Hall–Kier alpha value is -0.130. The highest BCUT2D eigenvalue weighted by Crippen LogP contribution is 2.04. The van der Waals surface area contributed by atoms with E-state index in [-0.39, 0.29) is 11.5 Å². The van der Waals surface area contributed by atoms with Gasteiger partial charge in [0.1, 0.15) is 0 Å². The molecule has 5 heteroatoms. The molecule has 78 valence electrons. The fraction of sp³-hybridized carbons (Fsp3) is 1.00. The van der Waals surface area contributed by atoms with Gasteiger partial charge in [-0.05, 0) is 6.42 Å². The highest BCUT2D eigenvalue weighted by atomic mass is 32.2. The molecule has 1 heterocycles. The molecule has 0 aromatic carbocycles. The van der Waals surface area contributed by atoms with Gasteiger partial charge in [-0.2, -0.15) is 5.06 Å². The molecule has 0 unspecified atom stereocenters. The first-order valence-corrected chi connectivity index (χ1v) is 6.54. The summed E-state index contributed by atoms with van der Waals surface area (Å²) in [7, 11) is -2.77. The molecule has 0 atom stereocenters. The van der Waals surface area contributed by atoms with Crippen LogP contribution in [0.25, 0.3) is 0 Å². The summed E-state index contributed by atoms with van der Waals surface area (Å²) in [5, 5.41) is 1.76. The summed E-state index contributed by atoms with van der Waals surface area (Å²) in [5.74, 6) is 0.470. The number of nitrogens with zero attached hydrogens (tertiary/aromatic N) is 1. The predicted molar refractivity (Wildman–Crippen MR) is 51.1 cm³/mol. The van der Waals surface area contributed by atoms with Crippen molar-refractivity contribution in [3.63, 3.8) is 0 Å². The zero-order valence-corrected chi connectivity index (χ0v) is 8.85. The van der Waals surface area contributed by atoms with Gasteiger partial charge < -0.3 is 0 Å². The van der Waals surface area contributed by atoms with Gasteiger partial charge in [0.15, 0.2) is 9.84 Å². The van der Waals surface area contributed by atoms with E-state index in [1.165, 1.54) is 0 Å². The lowest BCUT2D eigenvalue weighted by Crippen LogP contribution is -2.40. The van der Waals surface area contributed by atoms with Crippen molar-refractivity contribution in [2.24, 2.45) is 0 Å². The van der Waals surface area contributed by atoms with Crippen LogP contribution in [-0.4, -0.2) is 44.7 Å². The summed E-state index contributed by atoms with van der Waals surface area (Å²) in [5.41, 5.74) is 0. The molecule has 1 fully saturated rings. The van der Waals surface area contributed by atoms with Crippen LogP contribution in [0.4, 0.5) is 0 Å². The quantitative estimate of drug-likeness (QED) is 0.628. The van der Waals surface area contributed by atoms with E-state index in [4.69, 9.17) is 4.84 Å². The Balaban J connectivity index is 2.18. The zero-order chi connectivity index (χ0) is 9.73. The molecular weight excluding hydrogens is 190 g/mol. The number of unbranched alkanes of at least 4 members (excludes halogenated alkanes) is 1. The molecule has 1 aliphatic rings. The molecule has 0 N–H and O–H groups in total. The maximum Gasteiger partial charge on any atom is 0.153 e. The highest BCUT2D eigenvalue weighted by molar-refractivity contribution is 7.91.